The molecule has 1 nitrogen and oxygen atoms in total. The van der Waals surface area contributed by atoms with E-state index in [1.54, 1.807) is 0 Å². The monoisotopic (exact) mass is 152 g/mol. The fraction of sp³-hybridized carbons (Fsp3) is 1.00. The molecule has 0 amide bonds. The molecule has 4 rings (SSSR count). The average molecular weight is 152 g/mol. The summed E-state index contributed by atoms with van der Waals surface area (Å²) in [6, 6.07) is 0. The smallest absolute Gasteiger partial charge is 0.0632 e. The van der Waals surface area contributed by atoms with Gasteiger partial charge in [0, 0.05) is 0 Å². The first-order valence-electron chi connectivity index (χ1n) is 4.68. The van der Waals surface area contributed by atoms with Crippen LogP contribution in [-0.4, -0.2) is 11.2 Å². The number of aliphatic hydroxyl groups is 1. The molecule has 4 aliphatic carbocycles. The molecule has 1 heteroatoms. The quantitative estimate of drug-likeness (QED) is 0.559. The lowest BCUT2D eigenvalue weighted by Gasteiger charge is -2.36. The van der Waals surface area contributed by atoms with Gasteiger partial charge in [-0.25, -0.2) is 0 Å². The zero-order chi connectivity index (χ0) is 8.02. The van der Waals surface area contributed by atoms with Gasteiger partial charge in [0.2, 0.25) is 0 Å². The molecular formula is C10H16O. The second-order valence-corrected chi connectivity index (χ2v) is 5.56. The molecule has 4 fully saturated rings. The summed E-state index contributed by atoms with van der Waals surface area (Å²) < 4.78 is 0. The van der Waals surface area contributed by atoms with Crippen LogP contribution in [-0.2, 0) is 0 Å². The van der Waals surface area contributed by atoms with Crippen LogP contribution in [0.4, 0.5) is 0 Å². The third-order valence-electron chi connectivity index (χ3n) is 5.21. The van der Waals surface area contributed by atoms with E-state index in [4.69, 9.17) is 0 Å². The van der Waals surface area contributed by atoms with Gasteiger partial charge in [-0.3, -0.25) is 0 Å². The highest BCUT2D eigenvalue weighted by molar-refractivity contribution is 5.29. The third kappa shape index (κ3) is 0.395. The van der Waals surface area contributed by atoms with Crippen molar-refractivity contribution in [2.24, 2.45) is 28.6 Å². The highest BCUT2D eigenvalue weighted by Gasteiger charge is 2.81. The zero-order valence-corrected chi connectivity index (χ0v) is 7.46. The van der Waals surface area contributed by atoms with Crippen LogP contribution in [0.3, 0.4) is 0 Å². The molecule has 0 aromatic rings. The Morgan fingerprint density at radius 2 is 1.91 bits per heavy atom. The van der Waals surface area contributed by atoms with E-state index in [0.717, 1.165) is 11.8 Å². The summed E-state index contributed by atoms with van der Waals surface area (Å²) in [5.74, 6) is 2.45. The van der Waals surface area contributed by atoms with Gasteiger partial charge in [0.25, 0.3) is 0 Å². The van der Waals surface area contributed by atoms with Crippen molar-refractivity contribution in [3.8, 4) is 0 Å². The Labute approximate surface area is 67.8 Å². The van der Waals surface area contributed by atoms with Gasteiger partial charge < -0.3 is 5.11 Å². The van der Waals surface area contributed by atoms with Crippen LogP contribution in [0.1, 0.15) is 27.2 Å². The van der Waals surface area contributed by atoms with Gasteiger partial charge in [0.1, 0.15) is 0 Å². The molecule has 4 aliphatic rings. The summed E-state index contributed by atoms with van der Waals surface area (Å²) in [5, 5.41) is 9.94. The largest absolute Gasteiger partial charge is 0.392 e. The molecule has 0 aliphatic heterocycles. The molecule has 62 valence electrons. The average Bonchev–Trinajstić information content (AvgIpc) is 2.43. The van der Waals surface area contributed by atoms with Crippen molar-refractivity contribution < 1.29 is 5.11 Å². The Bertz CT molecular complexity index is 231. The normalized spacial score (nSPS) is 68.7. The summed E-state index contributed by atoms with van der Waals surface area (Å²) in [4.78, 5) is 0. The molecule has 0 radical (unpaired) electrons. The van der Waals surface area contributed by atoms with Gasteiger partial charge >= 0.3 is 0 Å². The van der Waals surface area contributed by atoms with Crippen molar-refractivity contribution in [1.29, 1.82) is 0 Å². The standard InChI is InChI=1S/C10H16O/c1-9(2)7-5-4-10(9,3)8(11)6(5)7/h5-8,11H,4H2,1-3H3/t5-,6+,7?,8-,10+/m0/s1. The topological polar surface area (TPSA) is 20.2 Å². The van der Waals surface area contributed by atoms with Gasteiger partial charge in [-0.15, -0.1) is 0 Å². The molecule has 0 heterocycles. The minimum absolute atomic E-state index is 0.0208. The maximum Gasteiger partial charge on any atom is 0.0632 e. The second kappa shape index (κ2) is 1.28. The lowest BCUT2D eigenvalue weighted by molar-refractivity contribution is 0.0184. The Morgan fingerprint density at radius 1 is 1.27 bits per heavy atom. The van der Waals surface area contributed by atoms with Crippen LogP contribution in [0.15, 0.2) is 0 Å². The van der Waals surface area contributed by atoms with Crippen molar-refractivity contribution >= 4 is 0 Å². The first-order chi connectivity index (χ1) is 5.00. The predicted molar refractivity (Wildman–Crippen MR) is 43.0 cm³/mol. The molecule has 4 bridgehead atoms. The maximum atomic E-state index is 9.94. The van der Waals surface area contributed by atoms with Gasteiger partial charge in [-0.05, 0) is 35.0 Å². The Morgan fingerprint density at radius 3 is 2.00 bits per heavy atom. The van der Waals surface area contributed by atoms with Crippen molar-refractivity contribution in [2.45, 2.75) is 33.3 Å². The molecule has 0 aromatic carbocycles. The highest BCUT2D eigenvalue weighted by atomic mass is 16.3. The fourth-order valence-electron chi connectivity index (χ4n) is 4.17. The summed E-state index contributed by atoms with van der Waals surface area (Å²) in [6.07, 6.45) is 1.31. The van der Waals surface area contributed by atoms with E-state index in [0.29, 0.717) is 11.3 Å². The van der Waals surface area contributed by atoms with Crippen LogP contribution < -0.4 is 0 Å². The van der Waals surface area contributed by atoms with E-state index in [1.807, 2.05) is 0 Å². The summed E-state index contributed by atoms with van der Waals surface area (Å²) in [5.41, 5.74) is 0.675. The van der Waals surface area contributed by atoms with E-state index in [1.165, 1.54) is 6.42 Å². The summed E-state index contributed by atoms with van der Waals surface area (Å²) in [7, 11) is 0. The molecule has 4 saturated carbocycles. The predicted octanol–water partition coefficient (Wildman–Crippen LogP) is 1.66. The lowest BCUT2D eigenvalue weighted by atomic mass is 9.70. The number of rotatable bonds is 0. The minimum Gasteiger partial charge on any atom is -0.392 e. The van der Waals surface area contributed by atoms with Gasteiger partial charge in [-0.2, -0.15) is 0 Å². The van der Waals surface area contributed by atoms with Gasteiger partial charge in [-0.1, -0.05) is 20.8 Å². The van der Waals surface area contributed by atoms with E-state index in [9.17, 15) is 5.11 Å². The summed E-state index contributed by atoms with van der Waals surface area (Å²) in [6.45, 7) is 6.96. The summed E-state index contributed by atoms with van der Waals surface area (Å²) >= 11 is 0. The van der Waals surface area contributed by atoms with Crippen LogP contribution in [0.5, 0.6) is 0 Å². The second-order valence-electron chi connectivity index (χ2n) is 5.56. The number of hydrogen-bond acceptors (Lipinski definition) is 1. The Hall–Kier alpha value is -0.0400. The maximum absolute atomic E-state index is 9.94. The van der Waals surface area contributed by atoms with Crippen LogP contribution >= 0.6 is 0 Å². The van der Waals surface area contributed by atoms with Crippen LogP contribution in [0.2, 0.25) is 0 Å². The zero-order valence-electron chi connectivity index (χ0n) is 7.46. The lowest BCUT2D eigenvalue weighted by Crippen LogP contribution is -2.35. The van der Waals surface area contributed by atoms with E-state index in [2.05, 4.69) is 20.8 Å². The fourth-order valence-corrected chi connectivity index (χ4v) is 4.17. The van der Waals surface area contributed by atoms with E-state index < -0.39 is 0 Å². The van der Waals surface area contributed by atoms with E-state index >= 15 is 0 Å². The minimum atomic E-state index is 0.0208. The van der Waals surface area contributed by atoms with Crippen LogP contribution in [0, 0.1) is 28.6 Å². The highest BCUT2D eigenvalue weighted by Crippen LogP contribution is 2.83. The molecule has 0 spiro atoms. The van der Waals surface area contributed by atoms with E-state index in [-0.39, 0.29) is 11.5 Å². The van der Waals surface area contributed by atoms with Crippen molar-refractivity contribution in [2.75, 3.05) is 0 Å². The van der Waals surface area contributed by atoms with Crippen molar-refractivity contribution in [1.82, 2.24) is 0 Å². The molecule has 5 atom stereocenters. The SMILES string of the molecule is CC1(C)C2[C@H]3[C@@H]2C[C@]1(C)[C@H]3O. The molecule has 11 heavy (non-hydrogen) atoms. The van der Waals surface area contributed by atoms with Crippen LogP contribution in [0.25, 0.3) is 0 Å². The molecule has 1 unspecified atom stereocenters. The third-order valence-corrected chi connectivity index (χ3v) is 5.21. The molecular weight excluding hydrogens is 136 g/mol. The first kappa shape index (κ1) is 6.47. The Kier molecular flexibility index (Phi) is 0.755. The first-order valence-corrected chi connectivity index (χ1v) is 4.68. The molecule has 0 saturated heterocycles. The number of hydrogen-bond donors (Lipinski definition) is 1. The van der Waals surface area contributed by atoms with Gasteiger partial charge in [0.15, 0.2) is 0 Å². The Balaban J connectivity index is 2.16. The molecule has 1 N–H and O–H groups in total. The van der Waals surface area contributed by atoms with Crippen molar-refractivity contribution in [3.05, 3.63) is 0 Å². The van der Waals surface area contributed by atoms with Gasteiger partial charge in [0.05, 0.1) is 6.10 Å². The molecule has 0 aromatic heterocycles. The number of aliphatic hydroxyl groups excluding tert-OH is 1. The van der Waals surface area contributed by atoms with Crippen molar-refractivity contribution in [3.63, 3.8) is 0 Å².